The van der Waals surface area contributed by atoms with Gasteiger partial charge >= 0.3 is 0 Å². The molecule has 1 fully saturated rings. The molecule has 4 atom stereocenters. The second kappa shape index (κ2) is 4.11. The van der Waals surface area contributed by atoms with Crippen LogP contribution in [0.25, 0.3) is 5.57 Å². The van der Waals surface area contributed by atoms with Crippen LogP contribution in [-0.4, -0.2) is 16.3 Å². The van der Waals surface area contributed by atoms with Gasteiger partial charge in [0.25, 0.3) is 0 Å². The maximum absolute atomic E-state index is 10.3. The largest absolute Gasteiger partial charge is 0.508 e. The van der Waals surface area contributed by atoms with E-state index < -0.39 is 0 Å². The van der Waals surface area contributed by atoms with Gasteiger partial charge < -0.3 is 10.2 Å². The molecule has 3 aliphatic rings. The Hall–Kier alpha value is -1.28. The number of allylic oxidation sites excluding steroid dienone is 2. The van der Waals surface area contributed by atoms with Crippen molar-refractivity contribution in [2.75, 3.05) is 0 Å². The Kier molecular flexibility index (Phi) is 2.56. The molecule has 0 unspecified atom stereocenters. The average Bonchev–Trinajstić information content (AvgIpc) is 2.74. The van der Waals surface area contributed by atoms with Crippen LogP contribution >= 0.6 is 0 Å². The number of hydrogen-bond acceptors (Lipinski definition) is 2. The Morgan fingerprint density at radius 2 is 2.05 bits per heavy atom. The van der Waals surface area contributed by atoms with Crippen LogP contribution < -0.4 is 0 Å². The standard InChI is InChI=1S/C18H22O2/c1-18-9-8-14-13-5-3-12(19)10-11(13)2-4-15(14)16(18)6-7-17(18)20/h3,5,8,10,15-17,19-20H,2,4,6-7,9H2,1H3/t15-,16+,17+,18-/m1/s1. The molecule has 0 aromatic heterocycles. The molecule has 2 heteroatoms. The van der Waals surface area contributed by atoms with Crippen LogP contribution in [0.1, 0.15) is 43.7 Å². The van der Waals surface area contributed by atoms with Gasteiger partial charge in [-0.25, -0.2) is 0 Å². The zero-order valence-corrected chi connectivity index (χ0v) is 12.0. The highest BCUT2D eigenvalue weighted by Gasteiger charge is 2.51. The van der Waals surface area contributed by atoms with Crippen LogP contribution in [0.15, 0.2) is 24.3 Å². The molecule has 1 saturated carbocycles. The van der Waals surface area contributed by atoms with E-state index in [4.69, 9.17) is 0 Å². The minimum absolute atomic E-state index is 0.0859. The van der Waals surface area contributed by atoms with Gasteiger partial charge in [0.2, 0.25) is 0 Å². The lowest BCUT2D eigenvalue weighted by molar-refractivity contribution is 0.0251. The first-order valence-electron chi connectivity index (χ1n) is 7.80. The van der Waals surface area contributed by atoms with Gasteiger partial charge in [-0.1, -0.05) is 19.1 Å². The topological polar surface area (TPSA) is 40.5 Å². The van der Waals surface area contributed by atoms with Crippen LogP contribution in [0, 0.1) is 17.3 Å². The molecule has 1 aromatic carbocycles. The van der Waals surface area contributed by atoms with Gasteiger partial charge in [0.05, 0.1) is 6.10 Å². The Balaban J connectivity index is 1.79. The number of fused-ring (bicyclic) bond motifs is 5. The summed E-state index contributed by atoms with van der Waals surface area (Å²) in [4.78, 5) is 0. The predicted octanol–water partition coefficient (Wildman–Crippen LogP) is 3.52. The fourth-order valence-corrected chi connectivity index (χ4v) is 4.94. The van der Waals surface area contributed by atoms with Gasteiger partial charge in [-0.05, 0) is 72.8 Å². The SMILES string of the molecule is C[C@@]12CC=C3c4ccc(O)cc4CC[C@H]3[C@@H]1CC[C@@H]2O. The molecule has 0 heterocycles. The summed E-state index contributed by atoms with van der Waals surface area (Å²) < 4.78 is 0. The minimum Gasteiger partial charge on any atom is -0.508 e. The fourth-order valence-electron chi connectivity index (χ4n) is 4.94. The third kappa shape index (κ3) is 1.54. The van der Waals surface area contributed by atoms with Crippen molar-refractivity contribution in [3.8, 4) is 5.75 Å². The molecule has 0 radical (unpaired) electrons. The molecular formula is C18H22O2. The molecule has 0 saturated heterocycles. The average molecular weight is 270 g/mol. The lowest BCUT2D eigenvalue weighted by atomic mass is 9.60. The van der Waals surface area contributed by atoms with Crippen LogP contribution in [0.3, 0.4) is 0 Å². The zero-order valence-electron chi connectivity index (χ0n) is 12.0. The molecule has 0 spiro atoms. The molecule has 0 amide bonds. The quantitative estimate of drug-likeness (QED) is 0.757. The van der Waals surface area contributed by atoms with Crippen molar-refractivity contribution < 1.29 is 10.2 Å². The van der Waals surface area contributed by atoms with Crippen LogP contribution in [0.5, 0.6) is 5.75 Å². The van der Waals surface area contributed by atoms with Crippen molar-refractivity contribution >= 4 is 5.57 Å². The van der Waals surface area contributed by atoms with Gasteiger partial charge in [0, 0.05) is 5.41 Å². The van der Waals surface area contributed by atoms with Crippen molar-refractivity contribution in [3.05, 3.63) is 35.4 Å². The first-order valence-corrected chi connectivity index (χ1v) is 7.80. The maximum atomic E-state index is 10.3. The molecule has 4 rings (SSSR count). The van der Waals surface area contributed by atoms with Gasteiger partial charge in [-0.3, -0.25) is 0 Å². The Morgan fingerprint density at radius 3 is 2.90 bits per heavy atom. The Morgan fingerprint density at radius 1 is 1.20 bits per heavy atom. The molecule has 106 valence electrons. The van der Waals surface area contributed by atoms with E-state index in [1.807, 2.05) is 6.07 Å². The smallest absolute Gasteiger partial charge is 0.115 e. The van der Waals surface area contributed by atoms with E-state index in [0.29, 0.717) is 17.6 Å². The molecule has 0 aliphatic heterocycles. The third-order valence-electron chi connectivity index (χ3n) is 6.13. The van der Waals surface area contributed by atoms with E-state index in [1.165, 1.54) is 16.7 Å². The molecule has 20 heavy (non-hydrogen) atoms. The van der Waals surface area contributed by atoms with Crippen molar-refractivity contribution in [3.63, 3.8) is 0 Å². The summed E-state index contributed by atoms with van der Waals surface area (Å²) in [7, 11) is 0. The van der Waals surface area contributed by atoms with E-state index in [2.05, 4.69) is 19.1 Å². The van der Waals surface area contributed by atoms with Crippen molar-refractivity contribution in [2.24, 2.45) is 17.3 Å². The van der Waals surface area contributed by atoms with E-state index in [-0.39, 0.29) is 11.5 Å². The first kappa shape index (κ1) is 12.5. The van der Waals surface area contributed by atoms with E-state index >= 15 is 0 Å². The second-order valence-corrected chi connectivity index (χ2v) is 7.06. The minimum atomic E-state index is -0.133. The molecule has 1 aromatic rings. The Bertz CT molecular complexity index is 589. The summed E-state index contributed by atoms with van der Waals surface area (Å²) >= 11 is 0. The molecule has 2 N–H and O–H groups in total. The van der Waals surface area contributed by atoms with Gasteiger partial charge in [0.15, 0.2) is 0 Å². The summed E-state index contributed by atoms with van der Waals surface area (Å²) in [5.74, 6) is 1.60. The number of aliphatic hydroxyl groups excluding tert-OH is 1. The van der Waals surface area contributed by atoms with Gasteiger partial charge in [0.1, 0.15) is 5.75 Å². The summed E-state index contributed by atoms with van der Waals surface area (Å²) in [6.07, 6.45) is 7.56. The summed E-state index contributed by atoms with van der Waals surface area (Å²) in [6.45, 7) is 2.27. The number of aromatic hydroxyl groups is 1. The van der Waals surface area contributed by atoms with Crippen molar-refractivity contribution in [1.82, 2.24) is 0 Å². The highest BCUT2D eigenvalue weighted by atomic mass is 16.3. The van der Waals surface area contributed by atoms with Gasteiger partial charge in [-0.2, -0.15) is 0 Å². The third-order valence-corrected chi connectivity index (χ3v) is 6.13. The first-order chi connectivity index (χ1) is 9.59. The van der Waals surface area contributed by atoms with Crippen LogP contribution in [-0.2, 0) is 6.42 Å². The summed E-state index contributed by atoms with van der Waals surface area (Å²) in [6, 6.07) is 5.81. The van der Waals surface area contributed by atoms with Crippen molar-refractivity contribution in [1.29, 1.82) is 0 Å². The second-order valence-electron chi connectivity index (χ2n) is 7.06. The number of benzene rings is 1. The lowest BCUT2D eigenvalue weighted by Crippen LogP contribution is -2.39. The zero-order chi connectivity index (χ0) is 13.9. The Labute approximate surface area is 120 Å². The molecule has 0 bridgehead atoms. The van der Waals surface area contributed by atoms with Crippen LogP contribution in [0.2, 0.25) is 0 Å². The molecule has 2 nitrogen and oxygen atoms in total. The highest BCUT2D eigenvalue weighted by Crippen LogP contribution is 2.58. The van der Waals surface area contributed by atoms with Crippen molar-refractivity contribution in [2.45, 2.75) is 45.1 Å². The summed E-state index contributed by atoms with van der Waals surface area (Å²) in [5.41, 5.74) is 4.18. The van der Waals surface area contributed by atoms with Crippen LogP contribution in [0.4, 0.5) is 0 Å². The van der Waals surface area contributed by atoms with E-state index in [1.54, 1.807) is 6.07 Å². The monoisotopic (exact) mass is 270 g/mol. The number of phenols is 1. The summed E-state index contributed by atoms with van der Waals surface area (Å²) in [5, 5.41) is 20.0. The molecular weight excluding hydrogens is 248 g/mol. The molecule has 3 aliphatic carbocycles. The number of aryl methyl sites for hydroxylation is 1. The van der Waals surface area contributed by atoms with E-state index in [9.17, 15) is 10.2 Å². The number of hydrogen-bond donors (Lipinski definition) is 2. The lowest BCUT2D eigenvalue weighted by Gasteiger charge is -2.45. The number of phenolic OH excluding ortho intramolecular Hbond substituents is 1. The van der Waals surface area contributed by atoms with Gasteiger partial charge in [-0.15, -0.1) is 0 Å². The maximum Gasteiger partial charge on any atom is 0.115 e. The predicted molar refractivity (Wildman–Crippen MR) is 79.3 cm³/mol. The van der Waals surface area contributed by atoms with E-state index in [0.717, 1.165) is 32.1 Å². The normalized spacial score (nSPS) is 38.7. The fraction of sp³-hybridized carbons (Fsp3) is 0.556. The highest BCUT2D eigenvalue weighted by molar-refractivity contribution is 5.73. The number of rotatable bonds is 0. The number of aliphatic hydroxyl groups is 1.